The molecule has 0 saturated carbocycles. The Bertz CT molecular complexity index is 608. The number of hydrogen-bond donors (Lipinski definition) is 0. The summed E-state index contributed by atoms with van der Waals surface area (Å²) in [5.41, 5.74) is 6.96. The van der Waals surface area contributed by atoms with Gasteiger partial charge in [0.25, 0.3) is 5.91 Å². The van der Waals surface area contributed by atoms with Crippen LogP contribution in [-0.4, -0.2) is 17.9 Å². The molecule has 3 nitrogen and oxygen atoms in total. The maximum atomic E-state index is 12.5. The van der Waals surface area contributed by atoms with Gasteiger partial charge in [0, 0.05) is 12.7 Å². The number of aryl methyl sites for hydroxylation is 4. The molecule has 4 heteroatoms. The molecular weight excluding hydrogens is 256 g/mol. The summed E-state index contributed by atoms with van der Waals surface area (Å²) >= 11 is 1.39. The number of nitrogens with zero attached hydrogens (tertiary/aromatic N) is 2. The Balaban J connectivity index is 2.43. The third kappa shape index (κ3) is 2.54. The summed E-state index contributed by atoms with van der Waals surface area (Å²) in [5, 5.41) is 0. The van der Waals surface area contributed by atoms with E-state index < -0.39 is 0 Å². The van der Waals surface area contributed by atoms with Gasteiger partial charge in [0.2, 0.25) is 0 Å². The van der Waals surface area contributed by atoms with Crippen LogP contribution in [0.15, 0.2) is 17.6 Å². The molecule has 19 heavy (non-hydrogen) atoms. The fourth-order valence-electron chi connectivity index (χ4n) is 2.46. The summed E-state index contributed by atoms with van der Waals surface area (Å²) in [6, 6.07) is 4.21. The topological polar surface area (TPSA) is 33.2 Å². The van der Waals surface area contributed by atoms with Gasteiger partial charge in [0.1, 0.15) is 4.88 Å². The van der Waals surface area contributed by atoms with E-state index in [0.29, 0.717) is 4.88 Å². The van der Waals surface area contributed by atoms with Crippen molar-refractivity contribution in [2.24, 2.45) is 0 Å². The lowest BCUT2D eigenvalue weighted by Gasteiger charge is -2.22. The maximum Gasteiger partial charge on any atom is 0.270 e. The maximum absolute atomic E-state index is 12.5. The number of carbonyl (C=O) groups excluding carboxylic acids is 1. The Morgan fingerprint density at radius 2 is 1.74 bits per heavy atom. The highest BCUT2D eigenvalue weighted by Crippen LogP contribution is 2.27. The van der Waals surface area contributed by atoms with Crippen molar-refractivity contribution < 1.29 is 4.79 Å². The smallest absolute Gasteiger partial charge is 0.270 e. The van der Waals surface area contributed by atoms with Crippen LogP contribution in [0, 0.1) is 27.7 Å². The molecule has 2 rings (SSSR count). The van der Waals surface area contributed by atoms with E-state index in [0.717, 1.165) is 22.5 Å². The molecule has 2 aromatic rings. The summed E-state index contributed by atoms with van der Waals surface area (Å²) < 4.78 is 0. The number of hydrogen-bond acceptors (Lipinski definition) is 3. The number of thiazole rings is 1. The lowest BCUT2D eigenvalue weighted by molar-refractivity contribution is 0.0996. The number of benzene rings is 1. The van der Waals surface area contributed by atoms with E-state index in [1.165, 1.54) is 16.9 Å². The average Bonchev–Trinajstić information content (AvgIpc) is 2.73. The van der Waals surface area contributed by atoms with Gasteiger partial charge in [-0.05, 0) is 38.8 Å². The zero-order valence-electron chi connectivity index (χ0n) is 11.9. The average molecular weight is 274 g/mol. The van der Waals surface area contributed by atoms with Gasteiger partial charge in [0.05, 0.1) is 11.2 Å². The third-order valence-corrected chi connectivity index (χ3v) is 4.13. The summed E-state index contributed by atoms with van der Waals surface area (Å²) in [5.74, 6) is 0.00931. The molecule has 0 N–H and O–H groups in total. The highest BCUT2D eigenvalue weighted by atomic mass is 32.1. The fraction of sp³-hybridized carbons (Fsp3) is 0.333. The molecule has 0 aliphatic heterocycles. The minimum Gasteiger partial charge on any atom is -0.310 e. The van der Waals surface area contributed by atoms with Crippen LogP contribution in [-0.2, 0) is 0 Å². The van der Waals surface area contributed by atoms with Crippen molar-refractivity contribution in [3.63, 3.8) is 0 Å². The van der Waals surface area contributed by atoms with Crippen LogP contribution in [0.3, 0.4) is 0 Å². The summed E-state index contributed by atoms with van der Waals surface area (Å²) in [4.78, 5) is 19.1. The molecule has 0 saturated heterocycles. The van der Waals surface area contributed by atoms with Crippen LogP contribution in [0.1, 0.15) is 32.1 Å². The number of rotatable bonds is 2. The van der Waals surface area contributed by atoms with Gasteiger partial charge in [0.15, 0.2) is 0 Å². The van der Waals surface area contributed by atoms with Crippen molar-refractivity contribution in [1.82, 2.24) is 4.98 Å². The summed E-state index contributed by atoms with van der Waals surface area (Å²) in [7, 11) is 1.83. The standard InChI is InChI=1S/C15H18N2OS/c1-9-6-10(2)13(11(3)7-9)17(5)15(18)14-12(4)16-8-19-14/h6-8H,1-5H3. The van der Waals surface area contributed by atoms with E-state index in [2.05, 4.69) is 24.0 Å². The van der Waals surface area contributed by atoms with Gasteiger partial charge in [-0.3, -0.25) is 4.79 Å². The first-order valence-corrected chi connectivity index (χ1v) is 7.05. The second-order valence-electron chi connectivity index (χ2n) is 4.88. The molecular formula is C15H18N2OS. The normalized spacial score (nSPS) is 10.6. The first-order chi connectivity index (χ1) is 8.91. The van der Waals surface area contributed by atoms with E-state index in [-0.39, 0.29) is 5.91 Å². The van der Waals surface area contributed by atoms with Crippen LogP contribution in [0.25, 0.3) is 0 Å². The van der Waals surface area contributed by atoms with Crippen molar-refractivity contribution in [1.29, 1.82) is 0 Å². The molecule has 1 heterocycles. The highest BCUT2D eigenvalue weighted by molar-refractivity contribution is 7.12. The van der Waals surface area contributed by atoms with Gasteiger partial charge in [-0.15, -0.1) is 11.3 Å². The highest BCUT2D eigenvalue weighted by Gasteiger charge is 2.20. The predicted octanol–water partition coefficient (Wildman–Crippen LogP) is 3.65. The van der Waals surface area contributed by atoms with Crippen LogP contribution in [0.4, 0.5) is 5.69 Å². The largest absolute Gasteiger partial charge is 0.310 e. The molecule has 0 radical (unpaired) electrons. The fourth-order valence-corrected chi connectivity index (χ4v) is 3.24. The molecule has 0 atom stereocenters. The number of carbonyl (C=O) groups is 1. The molecule has 1 amide bonds. The summed E-state index contributed by atoms with van der Waals surface area (Å²) in [6.07, 6.45) is 0. The van der Waals surface area contributed by atoms with Crippen LogP contribution in [0.2, 0.25) is 0 Å². The quantitative estimate of drug-likeness (QED) is 0.837. The third-order valence-electron chi connectivity index (χ3n) is 3.22. The Labute approximate surface area is 117 Å². The van der Waals surface area contributed by atoms with Crippen molar-refractivity contribution in [3.05, 3.63) is 44.9 Å². The Hall–Kier alpha value is -1.68. The monoisotopic (exact) mass is 274 g/mol. The summed E-state index contributed by atoms with van der Waals surface area (Å²) in [6.45, 7) is 8.02. The van der Waals surface area contributed by atoms with Crippen LogP contribution < -0.4 is 4.90 Å². The minimum absolute atomic E-state index is 0.00931. The zero-order chi connectivity index (χ0) is 14.2. The molecule has 100 valence electrons. The molecule has 0 unspecified atom stereocenters. The van der Waals surface area contributed by atoms with Crippen molar-refractivity contribution in [2.75, 3.05) is 11.9 Å². The van der Waals surface area contributed by atoms with E-state index in [1.807, 2.05) is 27.8 Å². The molecule has 0 bridgehead atoms. The van der Waals surface area contributed by atoms with Crippen LogP contribution >= 0.6 is 11.3 Å². The molecule has 1 aromatic carbocycles. The first kappa shape index (κ1) is 13.7. The minimum atomic E-state index is 0.00931. The Kier molecular flexibility index (Phi) is 3.71. The molecule has 0 spiro atoms. The van der Waals surface area contributed by atoms with Crippen LogP contribution in [0.5, 0.6) is 0 Å². The van der Waals surface area contributed by atoms with E-state index in [1.54, 1.807) is 10.4 Å². The van der Waals surface area contributed by atoms with E-state index in [4.69, 9.17) is 0 Å². The van der Waals surface area contributed by atoms with Gasteiger partial charge in [-0.25, -0.2) is 4.98 Å². The molecule has 0 aliphatic rings. The van der Waals surface area contributed by atoms with Crippen molar-refractivity contribution in [2.45, 2.75) is 27.7 Å². The Morgan fingerprint density at radius 3 is 2.21 bits per heavy atom. The molecule has 0 fully saturated rings. The first-order valence-electron chi connectivity index (χ1n) is 6.17. The molecule has 0 aliphatic carbocycles. The lowest BCUT2D eigenvalue weighted by atomic mass is 10.0. The number of aromatic nitrogens is 1. The van der Waals surface area contributed by atoms with Gasteiger partial charge >= 0.3 is 0 Å². The van der Waals surface area contributed by atoms with Gasteiger partial charge < -0.3 is 4.90 Å². The van der Waals surface area contributed by atoms with E-state index in [9.17, 15) is 4.79 Å². The van der Waals surface area contributed by atoms with E-state index >= 15 is 0 Å². The Morgan fingerprint density at radius 1 is 1.16 bits per heavy atom. The molecule has 1 aromatic heterocycles. The van der Waals surface area contributed by atoms with Crippen molar-refractivity contribution >= 4 is 22.9 Å². The lowest BCUT2D eigenvalue weighted by Crippen LogP contribution is -2.27. The second-order valence-corrected chi connectivity index (χ2v) is 5.73. The number of anilines is 1. The van der Waals surface area contributed by atoms with Gasteiger partial charge in [-0.1, -0.05) is 17.7 Å². The predicted molar refractivity (Wildman–Crippen MR) is 80.2 cm³/mol. The number of amides is 1. The second kappa shape index (κ2) is 5.13. The SMILES string of the molecule is Cc1cc(C)c(N(C)C(=O)c2scnc2C)c(C)c1. The van der Waals surface area contributed by atoms with Crippen molar-refractivity contribution in [3.8, 4) is 0 Å². The zero-order valence-corrected chi connectivity index (χ0v) is 12.8. The van der Waals surface area contributed by atoms with Gasteiger partial charge in [-0.2, -0.15) is 0 Å².